The van der Waals surface area contributed by atoms with Crippen LogP contribution in [0.1, 0.15) is 38.5 Å². The highest BCUT2D eigenvalue weighted by Gasteiger charge is 2.55. The van der Waals surface area contributed by atoms with Gasteiger partial charge in [-0.15, -0.1) is 0 Å². The van der Waals surface area contributed by atoms with Gasteiger partial charge in [-0.25, -0.2) is 0 Å². The van der Waals surface area contributed by atoms with Gasteiger partial charge in [0.25, 0.3) is 10.1 Å². The van der Waals surface area contributed by atoms with E-state index >= 15 is 0 Å². The zero-order chi connectivity index (χ0) is 19.7. The van der Waals surface area contributed by atoms with Gasteiger partial charge >= 0.3 is 5.97 Å². The van der Waals surface area contributed by atoms with Crippen molar-refractivity contribution in [2.45, 2.75) is 43.4 Å². The zero-order valence-corrected chi connectivity index (χ0v) is 16.1. The number of carboxylic acid groups (broad SMARTS) is 1. The van der Waals surface area contributed by atoms with Crippen LogP contribution in [0.3, 0.4) is 0 Å². The fourth-order valence-corrected chi connectivity index (χ4v) is 5.02. The van der Waals surface area contributed by atoms with Crippen LogP contribution in [-0.4, -0.2) is 30.6 Å². The first-order chi connectivity index (χ1) is 12.7. The Morgan fingerprint density at radius 2 is 1.89 bits per heavy atom. The van der Waals surface area contributed by atoms with E-state index in [0.29, 0.717) is 18.4 Å². The van der Waals surface area contributed by atoms with Crippen molar-refractivity contribution in [3.05, 3.63) is 42.0 Å². The van der Waals surface area contributed by atoms with Crippen molar-refractivity contribution < 1.29 is 22.9 Å². The van der Waals surface area contributed by atoms with E-state index in [1.165, 1.54) is 37.8 Å². The molecule has 0 aliphatic heterocycles. The number of hydrogen-bond donors (Lipinski definition) is 3. The molecule has 0 unspecified atom stereocenters. The maximum absolute atomic E-state index is 10.9. The van der Waals surface area contributed by atoms with E-state index in [0.717, 1.165) is 12.3 Å². The lowest BCUT2D eigenvalue weighted by molar-refractivity contribution is -0.144. The van der Waals surface area contributed by atoms with E-state index < -0.39 is 16.1 Å². The molecule has 148 valence electrons. The Morgan fingerprint density at radius 3 is 2.37 bits per heavy atom. The van der Waals surface area contributed by atoms with Crippen LogP contribution in [-0.2, 0) is 14.9 Å². The number of carboxylic acids is 1. The van der Waals surface area contributed by atoms with Gasteiger partial charge < -0.3 is 10.8 Å². The fraction of sp³-hybridized carbons (Fsp3) is 0.550. The van der Waals surface area contributed by atoms with Gasteiger partial charge in [-0.05, 0) is 74.0 Å². The van der Waals surface area contributed by atoms with Gasteiger partial charge in [0, 0.05) is 0 Å². The summed E-state index contributed by atoms with van der Waals surface area (Å²) in [5.74, 6) is 1.40. The Bertz CT molecular complexity index is 816. The molecule has 0 spiro atoms. The number of fused-ring (bicyclic) bond motifs is 1. The molecule has 6 nitrogen and oxygen atoms in total. The summed E-state index contributed by atoms with van der Waals surface area (Å²) in [4.78, 5) is 10.9. The minimum absolute atomic E-state index is 0.0741. The Morgan fingerprint density at radius 1 is 1.22 bits per heavy atom. The molecule has 2 saturated carbocycles. The van der Waals surface area contributed by atoms with Gasteiger partial charge in [-0.3, -0.25) is 9.35 Å². The van der Waals surface area contributed by atoms with Gasteiger partial charge in [0.15, 0.2) is 0 Å². The average molecular weight is 394 g/mol. The number of carbonyl (C=O) groups is 1. The minimum atomic E-state index is -4.00. The summed E-state index contributed by atoms with van der Waals surface area (Å²) >= 11 is 0. The highest BCUT2D eigenvalue weighted by atomic mass is 32.2. The second-order valence-corrected chi connectivity index (χ2v) is 9.51. The maximum Gasteiger partial charge on any atom is 0.303 e. The Hall–Kier alpha value is -1.70. The van der Waals surface area contributed by atoms with Crippen molar-refractivity contribution in [3.8, 4) is 0 Å². The van der Waals surface area contributed by atoms with E-state index in [-0.39, 0.29) is 16.7 Å². The molecule has 27 heavy (non-hydrogen) atoms. The molecule has 0 saturated heterocycles. The van der Waals surface area contributed by atoms with Crippen LogP contribution in [0.25, 0.3) is 0 Å². The van der Waals surface area contributed by atoms with Crippen molar-refractivity contribution >= 4 is 16.1 Å². The molecule has 3 aliphatic carbocycles. The van der Waals surface area contributed by atoms with E-state index in [2.05, 4.69) is 6.08 Å². The molecule has 0 bridgehead atoms. The highest BCUT2D eigenvalue weighted by molar-refractivity contribution is 7.85. The maximum atomic E-state index is 10.9. The molecule has 0 aromatic heterocycles. The molecule has 3 aliphatic rings. The highest BCUT2D eigenvalue weighted by Crippen LogP contribution is 2.60. The zero-order valence-electron chi connectivity index (χ0n) is 15.3. The number of aliphatic carboxylic acids is 1. The minimum Gasteiger partial charge on any atom is -0.481 e. The molecule has 7 heteroatoms. The molecule has 4 N–H and O–H groups in total. The number of rotatable bonds is 6. The molecule has 2 fully saturated rings. The Balaban J connectivity index is 0.000000180. The van der Waals surface area contributed by atoms with Gasteiger partial charge in [0.05, 0.1) is 11.3 Å². The third kappa shape index (κ3) is 4.78. The second-order valence-electron chi connectivity index (χ2n) is 8.09. The molecule has 0 amide bonds. The van der Waals surface area contributed by atoms with Crippen LogP contribution in [0, 0.1) is 23.2 Å². The van der Waals surface area contributed by atoms with Crippen molar-refractivity contribution in [2.75, 3.05) is 6.54 Å². The summed E-state index contributed by atoms with van der Waals surface area (Å²) in [6.45, 7) is 0.522. The van der Waals surface area contributed by atoms with E-state index in [1.54, 1.807) is 23.8 Å². The number of hydrogen-bond acceptors (Lipinski definition) is 4. The molecule has 0 heterocycles. The van der Waals surface area contributed by atoms with Crippen LogP contribution in [0.4, 0.5) is 0 Å². The van der Waals surface area contributed by atoms with Gasteiger partial charge in [-0.1, -0.05) is 29.8 Å². The Kier molecular flexibility index (Phi) is 5.74. The lowest BCUT2D eigenvalue weighted by atomic mass is 9.53. The van der Waals surface area contributed by atoms with Crippen molar-refractivity contribution in [1.82, 2.24) is 0 Å². The van der Waals surface area contributed by atoms with Crippen molar-refractivity contribution in [3.63, 3.8) is 0 Å². The predicted molar refractivity (Wildman–Crippen MR) is 102 cm³/mol. The van der Waals surface area contributed by atoms with E-state index in [1.807, 2.05) is 0 Å². The molecule has 4 rings (SSSR count). The van der Waals surface area contributed by atoms with Crippen LogP contribution in [0.15, 0.2) is 46.9 Å². The van der Waals surface area contributed by atoms with Gasteiger partial charge in [0.1, 0.15) is 0 Å². The summed E-state index contributed by atoms with van der Waals surface area (Å²) in [5.41, 5.74) is 7.30. The topological polar surface area (TPSA) is 118 Å². The SMILES string of the molecule is NC[C@]1(CC(=O)O)C[C@H]2CC(CC3CC3)=C[C@H]21.O=S(=O)(O)c1ccccc1. The first kappa shape index (κ1) is 20.0. The van der Waals surface area contributed by atoms with E-state index in [9.17, 15) is 13.2 Å². The molecular weight excluding hydrogens is 366 g/mol. The standard InChI is InChI=1S/C14H21NO2.C6H6O3S/c15-8-14(7-13(16)17)6-11-4-10(5-12(11)14)3-9-1-2-9;7-10(8,9)6-4-2-1-3-5-6/h5,9,11-12H,1-4,6-8,15H2,(H,16,17);1-5H,(H,7,8,9)/t11-,12-,14-;/m1./s1. The first-order valence-corrected chi connectivity index (χ1v) is 10.8. The quantitative estimate of drug-likeness (QED) is 0.505. The summed E-state index contributed by atoms with van der Waals surface area (Å²) < 4.78 is 29.2. The van der Waals surface area contributed by atoms with Crippen molar-refractivity contribution in [2.24, 2.45) is 28.9 Å². The van der Waals surface area contributed by atoms with Gasteiger partial charge in [-0.2, -0.15) is 8.42 Å². The number of benzene rings is 1. The molecule has 3 atom stereocenters. The summed E-state index contributed by atoms with van der Waals surface area (Å²) in [6.07, 6.45) is 8.90. The number of allylic oxidation sites excluding steroid dienone is 2. The summed E-state index contributed by atoms with van der Waals surface area (Å²) in [7, 11) is -4.00. The number of nitrogens with two attached hydrogens (primary N) is 1. The lowest BCUT2D eigenvalue weighted by Gasteiger charge is -2.51. The monoisotopic (exact) mass is 393 g/mol. The third-order valence-electron chi connectivity index (χ3n) is 6.02. The fourth-order valence-electron chi connectivity index (χ4n) is 4.51. The van der Waals surface area contributed by atoms with Crippen LogP contribution >= 0.6 is 0 Å². The first-order valence-electron chi connectivity index (χ1n) is 9.37. The van der Waals surface area contributed by atoms with Gasteiger partial charge in [0.2, 0.25) is 0 Å². The normalized spacial score (nSPS) is 29.0. The molecule has 1 aromatic rings. The molecule has 0 radical (unpaired) electrons. The lowest BCUT2D eigenvalue weighted by Crippen LogP contribution is -2.51. The summed E-state index contributed by atoms with van der Waals surface area (Å²) in [5, 5.41) is 9.01. The smallest absolute Gasteiger partial charge is 0.303 e. The average Bonchev–Trinajstić information content (AvgIpc) is 3.35. The molecular formula is C20H27NO5S. The third-order valence-corrected chi connectivity index (χ3v) is 6.89. The van der Waals surface area contributed by atoms with E-state index in [4.69, 9.17) is 15.4 Å². The van der Waals surface area contributed by atoms with Crippen LogP contribution in [0.5, 0.6) is 0 Å². The second kappa shape index (κ2) is 7.73. The largest absolute Gasteiger partial charge is 0.481 e. The van der Waals surface area contributed by atoms with Crippen LogP contribution < -0.4 is 5.73 Å². The molecule has 1 aromatic carbocycles. The predicted octanol–water partition coefficient (Wildman–Crippen LogP) is 3.11. The van der Waals surface area contributed by atoms with Crippen LogP contribution in [0.2, 0.25) is 0 Å². The van der Waals surface area contributed by atoms with Crippen molar-refractivity contribution in [1.29, 1.82) is 0 Å². The Labute approximate surface area is 160 Å². The summed E-state index contributed by atoms with van der Waals surface area (Å²) in [6, 6.07) is 7.42.